The molecule has 19 heavy (non-hydrogen) atoms. The summed E-state index contributed by atoms with van der Waals surface area (Å²) >= 11 is 5.78. The van der Waals surface area contributed by atoms with Gasteiger partial charge in [-0.25, -0.2) is 4.98 Å². The van der Waals surface area contributed by atoms with Crippen LogP contribution in [0.15, 0.2) is 18.2 Å². The molecule has 1 N–H and O–H groups in total. The van der Waals surface area contributed by atoms with Crippen molar-refractivity contribution >= 4 is 17.5 Å². The van der Waals surface area contributed by atoms with Gasteiger partial charge in [0.15, 0.2) is 0 Å². The lowest BCUT2D eigenvalue weighted by atomic mass is 10.1. The Kier molecular flexibility index (Phi) is 5.13. The van der Waals surface area contributed by atoms with Crippen LogP contribution in [0.3, 0.4) is 0 Å². The number of ether oxygens (including phenoxy) is 1. The summed E-state index contributed by atoms with van der Waals surface area (Å²) in [5.74, 6) is -0.0943. The summed E-state index contributed by atoms with van der Waals surface area (Å²) in [4.78, 5) is 18.0. The van der Waals surface area contributed by atoms with Crippen molar-refractivity contribution in [2.75, 3.05) is 26.3 Å². The number of aliphatic hydroxyl groups is 1. The Morgan fingerprint density at radius 2 is 2.21 bits per heavy atom. The lowest BCUT2D eigenvalue weighted by Crippen LogP contribution is -2.41. The summed E-state index contributed by atoms with van der Waals surface area (Å²) < 4.78 is 5.46. The molecule has 1 saturated heterocycles. The second-order valence-electron chi connectivity index (χ2n) is 4.43. The van der Waals surface area contributed by atoms with Gasteiger partial charge in [0.1, 0.15) is 10.8 Å². The van der Waals surface area contributed by atoms with E-state index < -0.39 is 0 Å². The molecule has 0 atom stereocenters. The van der Waals surface area contributed by atoms with Gasteiger partial charge in [-0.1, -0.05) is 17.7 Å². The van der Waals surface area contributed by atoms with Gasteiger partial charge in [-0.15, -0.1) is 0 Å². The number of rotatable bonds is 4. The van der Waals surface area contributed by atoms with Crippen molar-refractivity contribution < 1.29 is 14.6 Å². The number of halogens is 1. The molecular formula is C13H17ClN2O3. The Morgan fingerprint density at radius 3 is 2.84 bits per heavy atom. The third-order valence-corrected chi connectivity index (χ3v) is 3.32. The normalized spacial score (nSPS) is 16.6. The molecule has 1 amide bonds. The summed E-state index contributed by atoms with van der Waals surface area (Å²) in [6.45, 7) is 1.67. The predicted octanol–water partition coefficient (Wildman–Crippen LogP) is 1.35. The number of hydrogen-bond donors (Lipinski definition) is 1. The van der Waals surface area contributed by atoms with Crippen LogP contribution in [0, 0.1) is 0 Å². The minimum Gasteiger partial charge on any atom is -0.394 e. The standard InChI is InChI=1S/C13H17ClN2O3/c14-12-3-1-2-11(15-12)13(18)16-6-4-10(5-7-16)19-9-8-17/h1-3,10,17H,4-9H2. The third kappa shape index (κ3) is 3.89. The molecule has 1 fully saturated rings. The number of aromatic nitrogens is 1. The molecule has 2 rings (SSSR count). The number of nitrogens with zero attached hydrogens (tertiary/aromatic N) is 2. The van der Waals surface area contributed by atoms with Crippen molar-refractivity contribution in [2.24, 2.45) is 0 Å². The van der Waals surface area contributed by atoms with Gasteiger partial charge in [-0.05, 0) is 25.0 Å². The highest BCUT2D eigenvalue weighted by Crippen LogP contribution is 2.16. The van der Waals surface area contributed by atoms with Crippen LogP contribution in [0.4, 0.5) is 0 Å². The van der Waals surface area contributed by atoms with Crippen molar-refractivity contribution in [3.63, 3.8) is 0 Å². The molecular weight excluding hydrogens is 268 g/mol. The molecule has 0 radical (unpaired) electrons. The molecule has 0 unspecified atom stereocenters. The van der Waals surface area contributed by atoms with Gasteiger partial charge >= 0.3 is 0 Å². The monoisotopic (exact) mass is 284 g/mol. The largest absolute Gasteiger partial charge is 0.394 e. The van der Waals surface area contributed by atoms with Crippen molar-refractivity contribution in [3.05, 3.63) is 29.0 Å². The second kappa shape index (κ2) is 6.84. The van der Waals surface area contributed by atoms with E-state index >= 15 is 0 Å². The number of hydrogen-bond acceptors (Lipinski definition) is 4. The fourth-order valence-electron chi connectivity index (χ4n) is 2.13. The quantitative estimate of drug-likeness (QED) is 0.848. The number of aliphatic hydroxyl groups excluding tert-OH is 1. The molecule has 0 saturated carbocycles. The van der Waals surface area contributed by atoms with Crippen LogP contribution in [0.5, 0.6) is 0 Å². The highest BCUT2D eigenvalue weighted by Gasteiger charge is 2.24. The average Bonchev–Trinajstić information content (AvgIpc) is 2.45. The number of likely N-dealkylation sites (tertiary alicyclic amines) is 1. The van der Waals surface area contributed by atoms with E-state index in [-0.39, 0.29) is 18.6 Å². The first-order chi connectivity index (χ1) is 9.20. The lowest BCUT2D eigenvalue weighted by molar-refractivity contribution is -0.00564. The smallest absolute Gasteiger partial charge is 0.272 e. The molecule has 0 spiro atoms. The molecule has 6 heteroatoms. The van der Waals surface area contributed by atoms with Crippen LogP contribution in [0.25, 0.3) is 0 Å². The molecule has 1 aliphatic heterocycles. The molecule has 0 aromatic carbocycles. The Bertz CT molecular complexity index is 434. The molecule has 0 bridgehead atoms. The van der Waals surface area contributed by atoms with Gasteiger partial charge in [-0.3, -0.25) is 4.79 Å². The molecule has 1 aromatic rings. The first-order valence-corrected chi connectivity index (χ1v) is 6.73. The number of piperidine rings is 1. The van der Waals surface area contributed by atoms with Gasteiger partial charge in [0.05, 0.1) is 19.3 Å². The van der Waals surface area contributed by atoms with Gasteiger partial charge in [0.25, 0.3) is 5.91 Å². The minimum absolute atomic E-state index is 0.0333. The fraction of sp³-hybridized carbons (Fsp3) is 0.538. The Morgan fingerprint density at radius 1 is 1.47 bits per heavy atom. The molecule has 1 aliphatic rings. The van der Waals surface area contributed by atoms with Gasteiger partial charge in [0, 0.05) is 13.1 Å². The van der Waals surface area contributed by atoms with Crippen molar-refractivity contribution in [3.8, 4) is 0 Å². The maximum Gasteiger partial charge on any atom is 0.272 e. The Labute approximate surface area is 117 Å². The second-order valence-corrected chi connectivity index (χ2v) is 4.82. The van der Waals surface area contributed by atoms with Crippen LogP contribution in [0.1, 0.15) is 23.3 Å². The number of amides is 1. The highest BCUT2D eigenvalue weighted by atomic mass is 35.5. The first kappa shape index (κ1) is 14.2. The fourth-order valence-corrected chi connectivity index (χ4v) is 2.30. The van der Waals surface area contributed by atoms with Crippen LogP contribution < -0.4 is 0 Å². The zero-order valence-electron chi connectivity index (χ0n) is 10.6. The maximum absolute atomic E-state index is 12.2. The van der Waals surface area contributed by atoms with E-state index in [1.807, 2.05) is 0 Å². The lowest BCUT2D eigenvalue weighted by Gasteiger charge is -2.31. The Hall–Kier alpha value is -1.17. The molecule has 0 aliphatic carbocycles. The molecule has 104 valence electrons. The number of carbonyl (C=O) groups excluding carboxylic acids is 1. The third-order valence-electron chi connectivity index (χ3n) is 3.11. The average molecular weight is 285 g/mol. The number of pyridine rings is 1. The van der Waals surface area contributed by atoms with E-state index in [9.17, 15) is 4.79 Å². The van der Waals surface area contributed by atoms with E-state index in [2.05, 4.69) is 4.98 Å². The van der Waals surface area contributed by atoms with E-state index in [1.165, 1.54) is 0 Å². The summed E-state index contributed by atoms with van der Waals surface area (Å²) in [7, 11) is 0. The Balaban J connectivity index is 1.89. The van der Waals surface area contributed by atoms with E-state index in [4.69, 9.17) is 21.4 Å². The predicted molar refractivity (Wildman–Crippen MR) is 71.2 cm³/mol. The van der Waals surface area contributed by atoms with Crippen molar-refractivity contribution in [2.45, 2.75) is 18.9 Å². The van der Waals surface area contributed by atoms with Gasteiger partial charge < -0.3 is 14.7 Å². The van der Waals surface area contributed by atoms with Crippen LogP contribution in [0.2, 0.25) is 5.15 Å². The maximum atomic E-state index is 12.2. The SMILES string of the molecule is O=C(c1cccc(Cl)n1)N1CCC(OCCO)CC1. The van der Waals surface area contributed by atoms with E-state index in [0.717, 1.165) is 12.8 Å². The van der Waals surface area contributed by atoms with Gasteiger partial charge in [0.2, 0.25) is 0 Å². The number of carbonyl (C=O) groups is 1. The zero-order valence-corrected chi connectivity index (χ0v) is 11.3. The molecule has 2 heterocycles. The summed E-state index contributed by atoms with van der Waals surface area (Å²) in [6.07, 6.45) is 1.70. The molecule has 1 aromatic heterocycles. The van der Waals surface area contributed by atoms with Crippen molar-refractivity contribution in [1.29, 1.82) is 0 Å². The van der Waals surface area contributed by atoms with Gasteiger partial charge in [-0.2, -0.15) is 0 Å². The summed E-state index contributed by atoms with van der Waals surface area (Å²) in [5, 5.41) is 9.03. The highest BCUT2D eigenvalue weighted by molar-refractivity contribution is 6.29. The van der Waals surface area contributed by atoms with E-state index in [1.54, 1.807) is 23.1 Å². The topological polar surface area (TPSA) is 62.7 Å². The zero-order chi connectivity index (χ0) is 13.7. The molecule has 5 nitrogen and oxygen atoms in total. The first-order valence-electron chi connectivity index (χ1n) is 6.35. The summed E-state index contributed by atoms with van der Waals surface area (Å²) in [5.41, 5.74) is 0.377. The van der Waals surface area contributed by atoms with Crippen LogP contribution >= 0.6 is 11.6 Å². The van der Waals surface area contributed by atoms with Crippen molar-refractivity contribution in [1.82, 2.24) is 9.88 Å². The minimum atomic E-state index is -0.0943. The summed E-state index contributed by atoms with van der Waals surface area (Å²) in [6, 6.07) is 5.04. The van der Waals surface area contributed by atoms with Crippen LogP contribution in [-0.4, -0.2) is 53.3 Å². The van der Waals surface area contributed by atoms with Crippen LogP contribution in [-0.2, 0) is 4.74 Å². The van der Waals surface area contributed by atoms with E-state index in [0.29, 0.717) is 30.5 Å².